The summed E-state index contributed by atoms with van der Waals surface area (Å²) in [6, 6.07) is 0. The molecular weight excluding hydrogens is 214 g/mol. The third-order valence-electron chi connectivity index (χ3n) is 3.80. The molecule has 0 aromatic heterocycles. The third-order valence-corrected chi connectivity index (χ3v) is 3.80. The Labute approximate surface area is 102 Å². The van der Waals surface area contributed by atoms with Gasteiger partial charge in [-0.1, -0.05) is 19.1 Å². The van der Waals surface area contributed by atoms with Crippen LogP contribution >= 0.6 is 0 Å². The number of rotatable bonds is 0. The van der Waals surface area contributed by atoms with E-state index in [9.17, 15) is 9.59 Å². The summed E-state index contributed by atoms with van der Waals surface area (Å²) in [5, 5.41) is 0. The first kappa shape index (κ1) is 12.1. The molecule has 0 N–H and O–H groups in total. The minimum Gasteiger partial charge on any atom is -0.336 e. The molecule has 1 aliphatic carbocycles. The summed E-state index contributed by atoms with van der Waals surface area (Å²) in [4.78, 5) is 25.4. The van der Waals surface area contributed by atoms with Crippen molar-refractivity contribution in [1.82, 2.24) is 4.90 Å². The minimum atomic E-state index is -0.293. The molecule has 1 unspecified atom stereocenters. The van der Waals surface area contributed by atoms with Gasteiger partial charge in [0.15, 0.2) is 5.78 Å². The Morgan fingerprint density at radius 1 is 1.24 bits per heavy atom. The Morgan fingerprint density at radius 2 is 1.76 bits per heavy atom. The zero-order valence-electron chi connectivity index (χ0n) is 10.9. The van der Waals surface area contributed by atoms with Crippen LogP contribution in [0.3, 0.4) is 0 Å². The van der Waals surface area contributed by atoms with E-state index in [1.54, 1.807) is 12.2 Å². The molecule has 1 amide bonds. The van der Waals surface area contributed by atoms with Gasteiger partial charge in [-0.2, -0.15) is 0 Å². The third kappa shape index (κ3) is 1.84. The number of hydrogen-bond donors (Lipinski definition) is 0. The van der Waals surface area contributed by atoms with Crippen molar-refractivity contribution >= 4 is 11.7 Å². The van der Waals surface area contributed by atoms with Crippen LogP contribution in [0.5, 0.6) is 0 Å². The first-order chi connectivity index (χ1) is 7.76. The predicted octanol–water partition coefficient (Wildman–Crippen LogP) is 1.94. The summed E-state index contributed by atoms with van der Waals surface area (Å²) in [5.74, 6) is 0.0768. The molecule has 17 heavy (non-hydrogen) atoms. The highest BCUT2D eigenvalue weighted by molar-refractivity contribution is 6.01. The monoisotopic (exact) mass is 233 g/mol. The maximum absolute atomic E-state index is 12.3. The average molecular weight is 233 g/mol. The Bertz CT molecular complexity index is 410. The molecule has 0 aromatic carbocycles. The lowest BCUT2D eigenvalue weighted by Crippen LogP contribution is -2.43. The van der Waals surface area contributed by atoms with Gasteiger partial charge in [-0.25, -0.2) is 0 Å². The molecule has 3 nitrogen and oxygen atoms in total. The minimum absolute atomic E-state index is 0.00415. The van der Waals surface area contributed by atoms with Crippen LogP contribution in [0.1, 0.15) is 27.7 Å². The first-order valence-corrected chi connectivity index (χ1v) is 6.00. The van der Waals surface area contributed by atoms with Gasteiger partial charge >= 0.3 is 0 Å². The molecule has 0 aromatic rings. The molecule has 1 atom stereocenters. The van der Waals surface area contributed by atoms with Gasteiger partial charge in [0.25, 0.3) is 0 Å². The van der Waals surface area contributed by atoms with E-state index in [0.29, 0.717) is 6.54 Å². The quantitative estimate of drug-likeness (QED) is 0.641. The highest BCUT2D eigenvalue weighted by atomic mass is 16.2. The maximum Gasteiger partial charge on any atom is 0.227 e. The Morgan fingerprint density at radius 3 is 2.18 bits per heavy atom. The zero-order chi connectivity index (χ0) is 12.8. The summed E-state index contributed by atoms with van der Waals surface area (Å²) in [6.45, 7) is 8.73. The van der Waals surface area contributed by atoms with Crippen LogP contribution in [0.2, 0.25) is 0 Å². The van der Waals surface area contributed by atoms with Gasteiger partial charge < -0.3 is 4.90 Å². The molecule has 2 rings (SSSR count). The molecule has 2 aliphatic rings. The van der Waals surface area contributed by atoms with Crippen LogP contribution in [-0.2, 0) is 9.59 Å². The van der Waals surface area contributed by atoms with E-state index < -0.39 is 0 Å². The van der Waals surface area contributed by atoms with Crippen molar-refractivity contribution in [2.24, 2.45) is 11.3 Å². The van der Waals surface area contributed by atoms with E-state index in [2.05, 4.69) is 0 Å². The van der Waals surface area contributed by atoms with E-state index in [1.807, 2.05) is 44.7 Å². The highest BCUT2D eigenvalue weighted by Gasteiger charge is 2.50. The number of hydrogen-bond acceptors (Lipinski definition) is 2. The number of allylic oxidation sites excluding steroid dienone is 2. The molecule has 92 valence electrons. The summed E-state index contributed by atoms with van der Waals surface area (Å²) in [6.07, 6.45) is 6.94. The number of carbonyl (C=O) groups excluding carboxylic acids is 2. The zero-order valence-corrected chi connectivity index (χ0v) is 10.9. The summed E-state index contributed by atoms with van der Waals surface area (Å²) >= 11 is 0. The van der Waals surface area contributed by atoms with Crippen LogP contribution in [0.15, 0.2) is 24.3 Å². The highest BCUT2D eigenvalue weighted by Crippen LogP contribution is 2.43. The number of nitrogens with zero attached hydrogens (tertiary/aromatic N) is 1. The van der Waals surface area contributed by atoms with E-state index >= 15 is 0 Å². The second-order valence-corrected chi connectivity index (χ2v) is 6.00. The summed E-state index contributed by atoms with van der Waals surface area (Å²) < 4.78 is 0. The van der Waals surface area contributed by atoms with Gasteiger partial charge in [0.05, 0.1) is 0 Å². The summed E-state index contributed by atoms with van der Waals surface area (Å²) in [7, 11) is 0. The van der Waals surface area contributed by atoms with Crippen LogP contribution in [0.4, 0.5) is 0 Å². The smallest absolute Gasteiger partial charge is 0.227 e. The average Bonchev–Trinajstić information content (AvgIpc) is 2.48. The fraction of sp³-hybridized carbons (Fsp3) is 0.571. The van der Waals surface area contributed by atoms with Crippen molar-refractivity contribution < 1.29 is 9.59 Å². The molecule has 0 radical (unpaired) electrons. The van der Waals surface area contributed by atoms with Gasteiger partial charge in [-0.15, -0.1) is 0 Å². The molecule has 0 saturated carbocycles. The molecule has 1 saturated heterocycles. The largest absolute Gasteiger partial charge is 0.336 e. The predicted molar refractivity (Wildman–Crippen MR) is 66.4 cm³/mol. The first-order valence-electron chi connectivity index (χ1n) is 6.00. The topological polar surface area (TPSA) is 37.4 Å². The van der Waals surface area contributed by atoms with Crippen molar-refractivity contribution in [1.29, 1.82) is 0 Å². The van der Waals surface area contributed by atoms with E-state index in [1.165, 1.54) is 0 Å². The lowest BCUT2D eigenvalue weighted by Gasteiger charge is -2.33. The lowest BCUT2D eigenvalue weighted by molar-refractivity contribution is -0.134. The number of likely N-dealkylation sites (tertiary alicyclic amines) is 1. The van der Waals surface area contributed by atoms with Crippen LogP contribution in [0.25, 0.3) is 0 Å². The fourth-order valence-corrected chi connectivity index (χ4v) is 2.50. The lowest BCUT2D eigenvalue weighted by atomic mass is 9.76. The normalized spacial score (nSPS) is 27.3. The second kappa shape index (κ2) is 3.56. The van der Waals surface area contributed by atoms with Crippen molar-refractivity contribution in [3.63, 3.8) is 0 Å². The van der Waals surface area contributed by atoms with Crippen LogP contribution in [-0.4, -0.2) is 28.7 Å². The van der Waals surface area contributed by atoms with Gasteiger partial charge in [0.1, 0.15) is 0 Å². The van der Waals surface area contributed by atoms with E-state index in [0.717, 1.165) is 0 Å². The molecular formula is C14H19NO2. The molecule has 1 heterocycles. The van der Waals surface area contributed by atoms with Crippen molar-refractivity contribution in [2.75, 3.05) is 6.54 Å². The van der Waals surface area contributed by atoms with Crippen molar-refractivity contribution in [3.05, 3.63) is 24.3 Å². The maximum atomic E-state index is 12.3. The number of ketones is 1. The standard InChI is InChI=1S/C14H19NO2/c1-10-12(17)15(13(2,3)4)9-14(10)7-5-11(16)6-8-14/h5-8,10H,9H2,1-4H3. The van der Waals surface area contributed by atoms with Crippen molar-refractivity contribution in [3.8, 4) is 0 Å². The van der Waals surface area contributed by atoms with E-state index in [4.69, 9.17) is 0 Å². The van der Waals surface area contributed by atoms with Gasteiger partial charge in [-0.3, -0.25) is 9.59 Å². The fourth-order valence-electron chi connectivity index (χ4n) is 2.50. The SMILES string of the molecule is CC1C(=O)N(C(C)(C)C)CC12C=CC(=O)C=C2. The van der Waals surface area contributed by atoms with Gasteiger partial charge in [0.2, 0.25) is 5.91 Å². The van der Waals surface area contributed by atoms with Crippen molar-refractivity contribution in [2.45, 2.75) is 33.2 Å². The van der Waals surface area contributed by atoms with Crippen LogP contribution in [0, 0.1) is 11.3 Å². The second-order valence-electron chi connectivity index (χ2n) is 6.00. The Kier molecular flexibility index (Phi) is 2.53. The Balaban J connectivity index is 2.35. The molecule has 3 heteroatoms. The van der Waals surface area contributed by atoms with E-state index in [-0.39, 0.29) is 28.6 Å². The van der Waals surface area contributed by atoms with Gasteiger partial charge in [-0.05, 0) is 32.9 Å². The molecule has 1 fully saturated rings. The number of amides is 1. The van der Waals surface area contributed by atoms with Gasteiger partial charge in [0, 0.05) is 23.4 Å². The molecule has 1 aliphatic heterocycles. The number of carbonyl (C=O) groups is 2. The molecule has 0 bridgehead atoms. The summed E-state index contributed by atoms with van der Waals surface area (Å²) in [5.41, 5.74) is -0.462. The molecule has 1 spiro atoms. The Hall–Kier alpha value is -1.38. The van der Waals surface area contributed by atoms with Crippen LogP contribution < -0.4 is 0 Å².